The van der Waals surface area contributed by atoms with Crippen molar-refractivity contribution in [2.45, 2.75) is 32.4 Å². The predicted molar refractivity (Wildman–Crippen MR) is 136 cm³/mol. The van der Waals surface area contributed by atoms with Gasteiger partial charge in [-0.05, 0) is 29.0 Å². The zero-order valence-electron chi connectivity index (χ0n) is 19.3. The van der Waals surface area contributed by atoms with E-state index >= 15 is 0 Å². The Balaban J connectivity index is 1.67. The lowest BCUT2D eigenvalue weighted by molar-refractivity contribution is -0.136. The lowest BCUT2D eigenvalue weighted by Crippen LogP contribution is -2.38. The molecule has 0 N–H and O–H groups in total. The number of rotatable bonds is 7. The van der Waals surface area contributed by atoms with Gasteiger partial charge in [0.1, 0.15) is 0 Å². The molecule has 34 heavy (non-hydrogen) atoms. The van der Waals surface area contributed by atoms with Gasteiger partial charge in [-0.15, -0.1) is 0 Å². The number of hydrogen-bond acceptors (Lipinski definition) is 6. The van der Waals surface area contributed by atoms with Gasteiger partial charge in [-0.1, -0.05) is 78.8 Å². The van der Waals surface area contributed by atoms with Crippen LogP contribution in [0.15, 0.2) is 82.0 Å². The van der Waals surface area contributed by atoms with Crippen LogP contribution in [0.25, 0.3) is 0 Å². The molecule has 2 aliphatic rings. The van der Waals surface area contributed by atoms with Crippen LogP contribution in [-0.4, -0.2) is 41.0 Å². The monoisotopic (exact) mass is 495 g/mol. The summed E-state index contributed by atoms with van der Waals surface area (Å²) in [5, 5.41) is 3.20. The van der Waals surface area contributed by atoms with Crippen LogP contribution in [0.2, 0.25) is 5.02 Å². The van der Waals surface area contributed by atoms with Gasteiger partial charge in [0.15, 0.2) is 5.17 Å². The van der Waals surface area contributed by atoms with Gasteiger partial charge in [0.25, 0.3) is 0 Å². The van der Waals surface area contributed by atoms with Gasteiger partial charge in [-0.3, -0.25) is 4.79 Å². The van der Waals surface area contributed by atoms with Gasteiger partial charge in [0, 0.05) is 24.3 Å². The van der Waals surface area contributed by atoms with Crippen molar-refractivity contribution in [1.29, 1.82) is 0 Å². The largest absolute Gasteiger partial charge is 0.466 e. The average molecular weight is 496 g/mol. The Morgan fingerprint density at radius 2 is 1.85 bits per heavy atom. The first-order valence-electron chi connectivity index (χ1n) is 11.0. The number of aliphatic imine (C=N–C) groups is 1. The predicted octanol–water partition coefficient (Wildman–Crippen LogP) is 5.53. The minimum absolute atomic E-state index is 0.0280. The Labute approximate surface area is 208 Å². The summed E-state index contributed by atoms with van der Waals surface area (Å²) in [6.07, 6.45) is 0.740. The molecule has 0 aliphatic carbocycles. The molecule has 0 aromatic heterocycles. The minimum atomic E-state index is -0.530. The number of methoxy groups -OCH3 is 1. The first kappa shape index (κ1) is 24.1. The summed E-state index contributed by atoms with van der Waals surface area (Å²) >= 11 is 8.05. The molecule has 8 heteroatoms. The average Bonchev–Trinajstić information content (AvgIpc) is 3.25. The molecule has 0 saturated heterocycles. The van der Waals surface area contributed by atoms with Crippen LogP contribution < -0.4 is 0 Å². The molecular formula is C26H26ClN3O3S. The molecule has 4 rings (SSSR count). The lowest BCUT2D eigenvalue weighted by atomic mass is 9.92. The number of allylic oxidation sites excluding steroid dienone is 1. The zero-order chi connectivity index (χ0) is 24.2. The van der Waals surface area contributed by atoms with E-state index in [1.165, 1.54) is 18.9 Å². The van der Waals surface area contributed by atoms with Crippen LogP contribution in [0.3, 0.4) is 0 Å². The molecule has 0 bridgehead atoms. The zero-order valence-corrected chi connectivity index (χ0v) is 20.9. The molecular weight excluding hydrogens is 470 g/mol. The number of thioether (sulfide) groups is 1. The number of carbonyl (C=O) groups excluding carboxylic acids is 2. The number of halogens is 1. The molecule has 0 unspecified atom stereocenters. The van der Waals surface area contributed by atoms with Crippen molar-refractivity contribution in [2.24, 2.45) is 4.99 Å². The van der Waals surface area contributed by atoms with Crippen molar-refractivity contribution in [1.82, 2.24) is 9.80 Å². The van der Waals surface area contributed by atoms with Crippen LogP contribution in [0.5, 0.6) is 0 Å². The molecule has 2 aromatic carbocycles. The number of nitrogens with zero attached hydrogens (tertiary/aromatic N) is 3. The molecule has 176 valence electrons. The first-order valence-corrected chi connectivity index (χ1v) is 12.3. The van der Waals surface area contributed by atoms with Crippen molar-refractivity contribution in [3.63, 3.8) is 0 Å². The number of fused-ring (bicyclic) bond motifs is 1. The van der Waals surface area contributed by atoms with E-state index in [1.54, 1.807) is 18.0 Å². The molecule has 1 atom stereocenters. The van der Waals surface area contributed by atoms with Crippen LogP contribution in [0.1, 0.15) is 36.9 Å². The van der Waals surface area contributed by atoms with E-state index in [1.807, 2.05) is 65.8 Å². The summed E-state index contributed by atoms with van der Waals surface area (Å²) < 4.78 is 5.15. The Morgan fingerprint density at radius 3 is 2.53 bits per heavy atom. The van der Waals surface area contributed by atoms with Gasteiger partial charge in [-0.25, -0.2) is 9.79 Å². The number of ether oxygens (including phenoxy) is 1. The minimum Gasteiger partial charge on any atom is -0.466 e. The van der Waals surface area contributed by atoms with Gasteiger partial charge in [0.2, 0.25) is 5.91 Å². The molecule has 2 heterocycles. The quantitative estimate of drug-likeness (QED) is 0.473. The fourth-order valence-electron chi connectivity index (χ4n) is 4.14. The van der Waals surface area contributed by atoms with E-state index in [4.69, 9.17) is 21.3 Å². The van der Waals surface area contributed by atoms with E-state index < -0.39 is 12.0 Å². The van der Waals surface area contributed by atoms with Crippen LogP contribution in [0, 0.1) is 0 Å². The second-order valence-electron chi connectivity index (χ2n) is 8.03. The Bertz CT molecular complexity index is 1190. The fraction of sp³-hybridized carbons (Fsp3) is 0.269. The normalized spacial score (nSPS) is 17.2. The van der Waals surface area contributed by atoms with Crippen molar-refractivity contribution < 1.29 is 14.3 Å². The smallest absolute Gasteiger partial charge is 0.338 e. The van der Waals surface area contributed by atoms with E-state index in [0.29, 0.717) is 29.3 Å². The highest BCUT2D eigenvalue weighted by atomic mass is 35.5. The van der Waals surface area contributed by atoms with Crippen molar-refractivity contribution >= 4 is 40.4 Å². The number of amidine groups is 1. The highest BCUT2D eigenvalue weighted by Crippen LogP contribution is 2.46. The van der Waals surface area contributed by atoms with Gasteiger partial charge < -0.3 is 14.5 Å². The van der Waals surface area contributed by atoms with Crippen LogP contribution in [0.4, 0.5) is 0 Å². The van der Waals surface area contributed by atoms with Gasteiger partial charge >= 0.3 is 5.97 Å². The van der Waals surface area contributed by atoms with Crippen LogP contribution in [-0.2, 0) is 20.9 Å². The third kappa shape index (κ3) is 4.76. The molecule has 2 aromatic rings. The fourth-order valence-corrected chi connectivity index (χ4v) is 5.32. The highest BCUT2D eigenvalue weighted by Gasteiger charge is 2.42. The number of amides is 1. The number of carbonyl (C=O) groups is 2. The SMILES string of the molecule is CCC1=C(C(=O)OC)[C@H](c2ccccc2Cl)N2C(CC(=O)N(C)Cc3ccccc3)=CSC2=N1. The second-order valence-corrected chi connectivity index (χ2v) is 9.28. The topological polar surface area (TPSA) is 62.2 Å². The summed E-state index contributed by atoms with van der Waals surface area (Å²) in [5.74, 6) is -0.479. The Morgan fingerprint density at radius 1 is 1.15 bits per heavy atom. The van der Waals surface area contributed by atoms with Crippen molar-refractivity contribution in [3.8, 4) is 0 Å². The number of benzene rings is 2. The van der Waals surface area contributed by atoms with E-state index in [2.05, 4.69) is 0 Å². The third-order valence-corrected chi connectivity index (χ3v) is 7.08. The number of hydrogen-bond donors (Lipinski definition) is 0. The van der Waals surface area contributed by atoms with E-state index in [9.17, 15) is 9.59 Å². The standard InChI is InChI=1S/C26H26ClN3O3S/c1-4-21-23(25(32)33-3)24(19-12-8-9-13-20(19)27)30-18(16-34-26(30)28-21)14-22(31)29(2)15-17-10-6-5-7-11-17/h5-13,16,24H,4,14-15H2,1-3H3/t24-/m0/s1. The van der Waals surface area contributed by atoms with E-state index in [-0.39, 0.29) is 12.3 Å². The van der Waals surface area contributed by atoms with E-state index in [0.717, 1.165) is 22.0 Å². The van der Waals surface area contributed by atoms with Crippen molar-refractivity contribution in [3.05, 3.63) is 93.1 Å². The second kappa shape index (κ2) is 10.5. The maximum atomic E-state index is 13.2. The van der Waals surface area contributed by atoms with Crippen molar-refractivity contribution in [2.75, 3.05) is 14.2 Å². The van der Waals surface area contributed by atoms with Gasteiger partial charge in [-0.2, -0.15) is 0 Å². The molecule has 0 spiro atoms. The summed E-state index contributed by atoms with van der Waals surface area (Å²) in [6.45, 7) is 2.47. The van der Waals surface area contributed by atoms with Crippen LogP contribution >= 0.6 is 23.4 Å². The molecule has 0 fully saturated rings. The Kier molecular flexibility index (Phi) is 7.44. The lowest BCUT2D eigenvalue weighted by Gasteiger charge is -2.37. The number of esters is 1. The Hall–Kier alpha value is -3.03. The molecule has 6 nitrogen and oxygen atoms in total. The maximum Gasteiger partial charge on any atom is 0.338 e. The molecule has 1 amide bonds. The summed E-state index contributed by atoms with van der Waals surface area (Å²) in [4.78, 5) is 34.5. The highest BCUT2D eigenvalue weighted by molar-refractivity contribution is 8.16. The third-order valence-electron chi connectivity index (χ3n) is 5.85. The molecule has 0 radical (unpaired) electrons. The first-order chi connectivity index (χ1) is 16.4. The summed E-state index contributed by atoms with van der Waals surface area (Å²) in [5.41, 5.74) is 3.71. The summed E-state index contributed by atoms with van der Waals surface area (Å²) in [7, 11) is 3.16. The maximum absolute atomic E-state index is 13.2. The molecule has 0 saturated carbocycles. The molecule has 2 aliphatic heterocycles. The van der Waals surface area contributed by atoms with Gasteiger partial charge in [0.05, 0.1) is 30.8 Å². The summed E-state index contributed by atoms with van der Waals surface area (Å²) in [6, 6.07) is 16.8.